The molecule has 2 heterocycles. The normalized spacial score (nSPS) is 22.8. The number of aromatic nitrogens is 3. The van der Waals surface area contributed by atoms with Gasteiger partial charge in [0.25, 0.3) is 0 Å². The van der Waals surface area contributed by atoms with Crippen molar-refractivity contribution in [3.8, 4) is 11.3 Å². The van der Waals surface area contributed by atoms with Crippen LogP contribution in [0.2, 0.25) is 0 Å². The van der Waals surface area contributed by atoms with E-state index >= 15 is 0 Å². The van der Waals surface area contributed by atoms with E-state index in [9.17, 15) is 0 Å². The number of nitrogens with two attached hydrogens (primary N) is 1. The molecule has 1 aliphatic rings. The molecular weight excluding hydrogens is 256 g/mol. The molecule has 1 saturated carbocycles. The third-order valence-corrected chi connectivity index (χ3v) is 4.92. The number of nitrogen functional groups attached to an aromatic ring is 1. The van der Waals surface area contributed by atoms with Gasteiger partial charge < -0.3 is 10.3 Å². The van der Waals surface area contributed by atoms with E-state index in [1.807, 2.05) is 36.4 Å². The van der Waals surface area contributed by atoms with Crippen molar-refractivity contribution in [1.29, 1.82) is 0 Å². The highest BCUT2D eigenvalue weighted by Gasteiger charge is 2.26. The smallest absolute Gasteiger partial charge is 0.123 e. The van der Waals surface area contributed by atoms with Gasteiger partial charge in [-0.15, -0.1) is 0 Å². The number of nitrogens with zero attached hydrogens (tertiary/aromatic N) is 3. The number of rotatable bonds is 3. The molecule has 100 valence electrons. The number of thioether (sulfide) groups is 1. The Balaban J connectivity index is 1.91. The molecule has 0 aromatic carbocycles. The molecule has 4 nitrogen and oxygen atoms in total. The minimum atomic E-state index is 0.554. The van der Waals surface area contributed by atoms with Crippen molar-refractivity contribution in [2.45, 2.75) is 30.6 Å². The average molecular weight is 274 g/mol. The van der Waals surface area contributed by atoms with Crippen LogP contribution >= 0.6 is 11.8 Å². The van der Waals surface area contributed by atoms with Crippen molar-refractivity contribution in [3.63, 3.8) is 0 Å². The van der Waals surface area contributed by atoms with E-state index in [1.54, 1.807) is 6.20 Å². The Morgan fingerprint density at radius 2 is 2.32 bits per heavy atom. The summed E-state index contributed by atoms with van der Waals surface area (Å²) in [6.07, 6.45) is 11.6. The standard InChI is InChI=1S/C14H18N4S/c1-19-12-3-2-11(7-12)18-9-16-8-13(18)10-4-5-17-14(15)6-10/h4-6,8-9,11-12H,2-3,7H2,1H3,(H2,15,17). The maximum Gasteiger partial charge on any atom is 0.123 e. The predicted molar refractivity (Wildman–Crippen MR) is 80.1 cm³/mol. The van der Waals surface area contributed by atoms with Gasteiger partial charge in [0.2, 0.25) is 0 Å². The molecule has 1 aliphatic carbocycles. The third kappa shape index (κ3) is 2.47. The van der Waals surface area contributed by atoms with Crippen LogP contribution in [0.25, 0.3) is 11.3 Å². The van der Waals surface area contributed by atoms with Gasteiger partial charge in [0.1, 0.15) is 5.82 Å². The quantitative estimate of drug-likeness (QED) is 0.935. The van der Waals surface area contributed by atoms with Crippen molar-refractivity contribution < 1.29 is 0 Å². The summed E-state index contributed by atoms with van der Waals surface area (Å²) in [4.78, 5) is 8.37. The molecule has 2 aromatic rings. The highest BCUT2D eigenvalue weighted by atomic mass is 32.2. The Bertz CT molecular complexity index is 566. The maximum atomic E-state index is 5.77. The van der Waals surface area contributed by atoms with Gasteiger partial charge in [0.15, 0.2) is 0 Å². The van der Waals surface area contributed by atoms with Crippen LogP contribution in [0.3, 0.4) is 0 Å². The van der Waals surface area contributed by atoms with Crippen molar-refractivity contribution >= 4 is 17.6 Å². The Labute approximate surface area is 117 Å². The van der Waals surface area contributed by atoms with E-state index in [4.69, 9.17) is 5.73 Å². The highest BCUT2D eigenvalue weighted by Crippen LogP contribution is 2.38. The van der Waals surface area contributed by atoms with E-state index in [0.29, 0.717) is 11.9 Å². The summed E-state index contributed by atoms with van der Waals surface area (Å²) in [5, 5.41) is 0.780. The van der Waals surface area contributed by atoms with Crippen LogP contribution in [-0.4, -0.2) is 26.0 Å². The molecular formula is C14H18N4S. The zero-order valence-corrected chi connectivity index (χ0v) is 11.8. The van der Waals surface area contributed by atoms with E-state index in [0.717, 1.165) is 16.5 Å². The first kappa shape index (κ1) is 12.5. The first-order valence-corrected chi connectivity index (χ1v) is 7.83. The third-order valence-electron chi connectivity index (χ3n) is 3.83. The minimum Gasteiger partial charge on any atom is -0.384 e. The fourth-order valence-electron chi connectivity index (χ4n) is 2.81. The summed E-state index contributed by atoms with van der Waals surface area (Å²) in [6.45, 7) is 0. The lowest BCUT2D eigenvalue weighted by molar-refractivity contribution is 0.524. The summed E-state index contributed by atoms with van der Waals surface area (Å²) < 4.78 is 2.30. The number of hydrogen-bond acceptors (Lipinski definition) is 4. The average Bonchev–Trinajstić information content (AvgIpc) is 3.07. The molecule has 3 rings (SSSR count). The Morgan fingerprint density at radius 3 is 3.05 bits per heavy atom. The first-order chi connectivity index (χ1) is 9.28. The second-order valence-corrected chi connectivity index (χ2v) is 6.12. The van der Waals surface area contributed by atoms with E-state index in [2.05, 4.69) is 20.8 Å². The van der Waals surface area contributed by atoms with Gasteiger partial charge in [0, 0.05) is 23.1 Å². The topological polar surface area (TPSA) is 56.7 Å². The molecule has 0 bridgehead atoms. The maximum absolute atomic E-state index is 5.77. The van der Waals surface area contributed by atoms with Gasteiger partial charge in [-0.05, 0) is 37.7 Å². The zero-order valence-electron chi connectivity index (χ0n) is 11.0. The first-order valence-electron chi connectivity index (χ1n) is 6.54. The Kier molecular flexibility index (Phi) is 3.46. The molecule has 0 aliphatic heterocycles. The molecule has 2 N–H and O–H groups in total. The minimum absolute atomic E-state index is 0.554. The molecule has 1 fully saturated rings. The lowest BCUT2D eigenvalue weighted by Crippen LogP contribution is -2.06. The van der Waals surface area contributed by atoms with Gasteiger partial charge in [0.05, 0.1) is 18.2 Å². The molecule has 5 heteroatoms. The van der Waals surface area contributed by atoms with Crippen LogP contribution in [-0.2, 0) is 0 Å². The van der Waals surface area contributed by atoms with Gasteiger partial charge in [-0.2, -0.15) is 11.8 Å². The molecule has 2 aromatic heterocycles. The summed E-state index contributed by atoms with van der Waals surface area (Å²) in [7, 11) is 0. The second kappa shape index (κ2) is 5.25. The van der Waals surface area contributed by atoms with Crippen LogP contribution in [0, 0.1) is 0 Å². The number of anilines is 1. The lowest BCUT2D eigenvalue weighted by atomic mass is 10.1. The molecule has 0 amide bonds. The van der Waals surface area contributed by atoms with Crippen LogP contribution in [0.1, 0.15) is 25.3 Å². The fourth-order valence-corrected chi connectivity index (χ4v) is 3.60. The van der Waals surface area contributed by atoms with Crippen molar-refractivity contribution in [3.05, 3.63) is 30.9 Å². The van der Waals surface area contributed by atoms with Gasteiger partial charge >= 0.3 is 0 Å². The molecule has 19 heavy (non-hydrogen) atoms. The predicted octanol–water partition coefficient (Wildman–Crippen LogP) is 2.98. The van der Waals surface area contributed by atoms with E-state index in [1.165, 1.54) is 19.3 Å². The number of pyridine rings is 1. The summed E-state index contributed by atoms with van der Waals surface area (Å²) in [5.74, 6) is 0.554. The number of hydrogen-bond donors (Lipinski definition) is 1. The van der Waals surface area contributed by atoms with Gasteiger partial charge in [-0.25, -0.2) is 9.97 Å². The van der Waals surface area contributed by atoms with Crippen molar-refractivity contribution in [2.24, 2.45) is 0 Å². The zero-order chi connectivity index (χ0) is 13.2. The van der Waals surface area contributed by atoms with Crippen LogP contribution < -0.4 is 5.73 Å². The SMILES string of the molecule is CSC1CCC(n2cncc2-c2ccnc(N)c2)C1. The van der Waals surface area contributed by atoms with Gasteiger partial charge in [-0.3, -0.25) is 0 Å². The monoisotopic (exact) mass is 274 g/mol. The van der Waals surface area contributed by atoms with Gasteiger partial charge in [-0.1, -0.05) is 0 Å². The fraction of sp³-hybridized carbons (Fsp3) is 0.429. The Morgan fingerprint density at radius 1 is 1.42 bits per heavy atom. The molecule has 2 unspecified atom stereocenters. The van der Waals surface area contributed by atoms with Crippen LogP contribution in [0.15, 0.2) is 30.9 Å². The summed E-state index contributed by atoms with van der Waals surface area (Å²) in [5.41, 5.74) is 8.00. The largest absolute Gasteiger partial charge is 0.384 e. The van der Waals surface area contributed by atoms with E-state index in [-0.39, 0.29) is 0 Å². The molecule has 0 spiro atoms. The van der Waals surface area contributed by atoms with Crippen LogP contribution in [0.4, 0.5) is 5.82 Å². The number of imidazole rings is 1. The summed E-state index contributed by atoms with van der Waals surface area (Å²) >= 11 is 1.97. The molecule has 2 atom stereocenters. The van der Waals surface area contributed by atoms with Crippen molar-refractivity contribution in [2.75, 3.05) is 12.0 Å². The molecule has 0 saturated heterocycles. The Hall–Kier alpha value is -1.49. The van der Waals surface area contributed by atoms with Crippen LogP contribution in [0.5, 0.6) is 0 Å². The second-order valence-electron chi connectivity index (χ2n) is 4.98. The van der Waals surface area contributed by atoms with Crippen molar-refractivity contribution in [1.82, 2.24) is 14.5 Å². The molecule has 0 radical (unpaired) electrons. The summed E-state index contributed by atoms with van der Waals surface area (Å²) in [6, 6.07) is 4.46. The lowest BCUT2D eigenvalue weighted by Gasteiger charge is -2.16. The van der Waals surface area contributed by atoms with E-state index < -0.39 is 0 Å². The highest BCUT2D eigenvalue weighted by molar-refractivity contribution is 7.99.